The first-order chi connectivity index (χ1) is 5.74. The van der Waals surface area contributed by atoms with Gasteiger partial charge in [-0.15, -0.1) is 23.2 Å². The summed E-state index contributed by atoms with van der Waals surface area (Å²) in [7, 11) is -1.68. The highest BCUT2D eigenvalue weighted by molar-refractivity contribution is 6.74. The quantitative estimate of drug-likeness (QED) is 0.538. The van der Waals surface area contributed by atoms with E-state index in [4.69, 9.17) is 27.6 Å². The Morgan fingerprint density at radius 1 is 1.15 bits per heavy atom. The lowest BCUT2D eigenvalue weighted by atomic mass is 10.2. The van der Waals surface area contributed by atoms with Crippen LogP contribution in [0, 0.1) is 0 Å². The molecule has 0 saturated carbocycles. The van der Waals surface area contributed by atoms with Gasteiger partial charge in [-0.05, 0) is 18.1 Å². The minimum Gasteiger partial charge on any atom is -0.412 e. The summed E-state index contributed by atoms with van der Waals surface area (Å²) in [6.07, 6.45) is 0.00391. The molecule has 0 aromatic carbocycles. The largest absolute Gasteiger partial charge is 0.412 e. The van der Waals surface area contributed by atoms with Crippen molar-refractivity contribution in [3.63, 3.8) is 0 Å². The van der Waals surface area contributed by atoms with E-state index < -0.39 is 8.32 Å². The standard InChI is InChI=1S/C9H20Cl2OSi/c1-9(2,3)13(4,5)12-8(6-10)7-11/h8H,6-7H2,1-5H3. The second-order valence-electron chi connectivity index (χ2n) is 4.81. The van der Waals surface area contributed by atoms with Crippen molar-refractivity contribution in [1.82, 2.24) is 0 Å². The molecule has 13 heavy (non-hydrogen) atoms. The van der Waals surface area contributed by atoms with Gasteiger partial charge in [-0.25, -0.2) is 0 Å². The second kappa shape index (κ2) is 5.01. The van der Waals surface area contributed by atoms with Crippen LogP contribution in [0.15, 0.2) is 0 Å². The second-order valence-corrected chi connectivity index (χ2v) is 10.2. The van der Waals surface area contributed by atoms with Gasteiger partial charge in [-0.1, -0.05) is 20.8 Å². The van der Waals surface area contributed by atoms with E-state index >= 15 is 0 Å². The molecule has 0 unspecified atom stereocenters. The van der Waals surface area contributed by atoms with Crippen LogP contribution in [-0.4, -0.2) is 26.2 Å². The molecule has 0 saturated heterocycles. The van der Waals surface area contributed by atoms with Crippen molar-refractivity contribution in [2.45, 2.75) is 45.0 Å². The molecule has 0 spiro atoms. The topological polar surface area (TPSA) is 9.23 Å². The summed E-state index contributed by atoms with van der Waals surface area (Å²) in [5, 5.41) is 0.226. The highest BCUT2D eigenvalue weighted by Gasteiger charge is 2.38. The molecule has 0 fully saturated rings. The van der Waals surface area contributed by atoms with Crippen molar-refractivity contribution in [3.05, 3.63) is 0 Å². The van der Waals surface area contributed by atoms with E-state index in [2.05, 4.69) is 33.9 Å². The first-order valence-corrected chi connectivity index (χ1v) is 8.52. The van der Waals surface area contributed by atoms with E-state index in [9.17, 15) is 0 Å². The number of halogens is 2. The lowest BCUT2D eigenvalue weighted by molar-refractivity contribution is 0.224. The molecule has 0 N–H and O–H groups in total. The van der Waals surface area contributed by atoms with Crippen molar-refractivity contribution in [1.29, 1.82) is 0 Å². The smallest absolute Gasteiger partial charge is 0.192 e. The molecule has 0 radical (unpaired) electrons. The fourth-order valence-corrected chi connectivity index (χ4v) is 2.72. The molecule has 0 bridgehead atoms. The maximum atomic E-state index is 5.98. The van der Waals surface area contributed by atoms with Gasteiger partial charge in [-0.2, -0.15) is 0 Å². The molecule has 0 rings (SSSR count). The average molecular weight is 243 g/mol. The van der Waals surface area contributed by atoms with Gasteiger partial charge in [0.25, 0.3) is 0 Å². The third kappa shape index (κ3) is 4.20. The maximum Gasteiger partial charge on any atom is 0.192 e. The van der Waals surface area contributed by atoms with Gasteiger partial charge in [0, 0.05) is 11.8 Å². The normalized spacial score (nSPS) is 13.8. The first-order valence-electron chi connectivity index (χ1n) is 4.54. The van der Waals surface area contributed by atoms with Crippen LogP contribution < -0.4 is 0 Å². The summed E-state index contributed by atoms with van der Waals surface area (Å²) in [5.74, 6) is 0.964. The Kier molecular flexibility index (Phi) is 5.30. The van der Waals surface area contributed by atoms with Gasteiger partial charge in [-0.3, -0.25) is 0 Å². The fourth-order valence-electron chi connectivity index (χ4n) is 0.698. The third-order valence-electron chi connectivity index (χ3n) is 2.61. The minimum atomic E-state index is -1.68. The number of hydrogen-bond donors (Lipinski definition) is 0. The zero-order valence-corrected chi connectivity index (χ0v) is 11.7. The maximum absolute atomic E-state index is 5.98. The summed E-state index contributed by atoms with van der Waals surface area (Å²) in [6, 6.07) is 0. The third-order valence-corrected chi connectivity index (χ3v) is 7.84. The highest BCUT2D eigenvalue weighted by atomic mass is 35.5. The SMILES string of the molecule is CC(C)(C)[Si](C)(C)OC(CCl)CCl. The monoisotopic (exact) mass is 242 g/mol. The van der Waals surface area contributed by atoms with E-state index in [0.29, 0.717) is 11.8 Å². The van der Waals surface area contributed by atoms with Crippen LogP contribution in [0.3, 0.4) is 0 Å². The predicted octanol–water partition coefficient (Wildman–Crippen LogP) is 3.85. The molecular weight excluding hydrogens is 223 g/mol. The molecule has 0 heterocycles. The Bertz CT molecular complexity index is 150. The number of rotatable bonds is 4. The molecule has 0 amide bonds. The minimum absolute atomic E-state index is 0.00391. The van der Waals surface area contributed by atoms with Gasteiger partial charge in [0.2, 0.25) is 0 Å². The molecule has 1 nitrogen and oxygen atoms in total. The molecular formula is C9H20Cl2OSi. The molecule has 0 aromatic rings. The summed E-state index contributed by atoms with van der Waals surface area (Å²) in [6.45, 7) is 11.0. The Morgan fingerprint density at radius 3 is 1.77 bits per heavy atom. The average Bonchev–Trinajstić information content (AvgIpc) is 1.98. The summed E-state index contributed by atoms with van der Waals surface area (Å²) in [4.78, 5) is 0. The summed E-state index contributed by atoms with van der Waals surface area (Å²) >= 11 is 11.5. The van der Waals surface area contributed by atoms with Crippen LogP contribution in [0.4, 0.5) is 0 Å². The molecule has 0 aliphatic rings. The molecule has 4 heteroatoms. The molecule has 0 aliphatic heterocycles. The van der Waals surface area contributed by atoms with E-state index in [1.54, 1.807) is 0 Å². The molecule has 80 valence electrons. The van der Waals surface area contributed by atoms with Gasteiger partial charge in [0.05, 0.1) is 6.10 Å². The predicted molar refractivity (Wildman–Crippen MR) is 63.5 cm³/mol. The lowest BCUT2D eigenvalue weighted by Gasteiger charge is -2.38. The van der Waals surface area contributed by atoms with Crippen molar-refractivity contribution >= 4 is 31.5 Å². The van der Waals surface area contributed by atoms with Crippen molar-refractivity contribution < 1.29 is 4.43 Å². The summed E-state index contributed by atoms with van der Waals surface area (Å²) in [5.41, 5.74) is 0. The van der Waals surface area contributed by atoms with E-state index in [-0.39, 0.29) is 11.1 Å². The number of hydrogen-bond acceptors (Lipinski definition) is 1. The highest BCUT2D eigenvalue weighted by Crippen LogP contribution is 2.37. The van der Waals surface area contributed by atoms with E-state index in [1.165, 1.54) is 0 Å². The van der Waals surface area contributed by atoms with Crippen molar-refractivity contribution in [3.8, 4) is 0 Å². The number of alkyl halides is 2. The lowest BCUT2D eigenvalue weighted by Crippen LogP contribution is -2.44. The van der Waals surface area contributed by atoms with Gasteiger partial charge < -0.3 is 4.43 Å². The zero-order valence-electron chi connectivity index (χ0n) is 9.16. The Hall–Kier alpha value is 0.757. The van der Waals surface area contributed by atoms with Crippen LogP contribution in [0.2, 0.25) is 18.1 Å². The molecule has 0 atom stereocenters. The van der Waals surface area contributed by atoms with Crippen LogP contribution in [-0.2, 0) is 4.43 Å². The summed E-state index contributed by atoms with van der Waals surface area (Å²) < 4.78 is 5.98. The Balaban J connectivity index is 4.31. The van der Waals surface area contributed by atoms with Crippen molar-refractivity contribution in [2.75, 3.05) is 11.8 Å². The molecule has 0 aliphatic carbocycles. The molecule has 0 aromatic heterocycles. The van der Waals surface area contributed by atoms with Crippen molar-refractivity contribution in [2.24, 2.45) is 0 Å². The van der Waals surface area contributed by atoms with Crippen LogP contribution in [0.1, 0.15) is 20.8 Å². The fraction of sp³-hybridized carbons (Fsp3) is 1.00. The van der Waals surface area contributed by atoms with E-state index in [0.717, 1.165) is 0 Å². The van der Waals surface area contributed by atoms with Gasteiger partial charge >= 0.3 is 0 Å². The van der Waals surface area contributed by atoms with Gasteiger partial charge in [0.15, 0.2) is 8.32 Å². The first kappa shape index (κ1) is 13.8. The Morgan fingerprint density at radius 2 is 1.54 bits per heavy atom. The Labute approximate surface area is 92.9 Å². The van der Waals surface area contributed by atoms with Crippen LogP contribution in [0.5, 0.6) is 0 Å². The zero-order chi connectivity index (χ0) is 10.7. The van der Waals surface area contributed by atoms with E-state index in [1.807, 2.05) is 0 Å². The van der Waals surface area contributed by atoms with Crippen LogP contribution >= 0.6 is 23.2 Å². The van der Waals surface area contributed by atoms with Crippen LogP contribution in [0.25, 0.3) is 0 Å². The van der Waals surface area contributed by atoms with Gasteiger partial charge in [0.1, 0.15) is 0 Å².